The van der Waals surface area contributed by atoms with Gasteiger partial charge in [0.05, 0.1) is 18.0 Å². The third-order valence-electron chi connectivity index (χ3n) is 4.42. The number of hydrogen-bond donors (Lipinski definition) is 1. The van der Waals surface area contributed by atoms with E-state index in [-0.39, 0.29) is 5.56 Å². The second kappa shape index (κ2) is 7.89. The number of rotatable bonds is 4. The van der Waals surface area contributed by atoms with Crippen LogP contribution < -0.4 is 15.7 Å². The molecule has 4 aromatic rings. The average molecular weight is 450 g/mol. The number of para-hydroxylation sites is 1. The number of ether oxygens (including phenoxy) is 1. The number of hydrogen-bond acceptors (Lipinski definition) is 4. The van der Waals surface area contributed by atoms with Crippen molar-refractivity contribution in [2.75, 3.05) is 12.5 Å². The Hall–Kier alpha value is -3.45. The Kier molecular flexibility index (Phi) is 5.14. The van der Waals surface area contributed by atoms with Crippen LogP contribution in [0.25, 0.3) is 22.3 Å². The predicted molar refractivity (Wildman–Crippen MR) is 116 cm³/mol. The number of carbonyl (C=O) groups excluding carboxylic acids is 1. The van der Waals surface area contributed by atoms with Crippen LogP contribution >= 0.6 is 15.9 Å². The Labute approximate surface area is 174 Å². The van der Waals surface area contributed by atoms with Crippen LogP contribution in [0.5, 0.6) is 5.75 Å². The summed E-state index contributed by atoms with van der Waals surface area (Å²) in [6.45, 7) is 0. The summed E-state index contributed by atoms with van der Waals surface area (Å²) in [6, 6.07) is 21.1. The summed E-state index contributed by atoms with van der Waals surface area (Å²) in [5.41, 5.74) is 3.95. The van der Waals surface area contributed by atoms with Crippen molar-refractivity contribution in [2.45, 2.75) is 0 Å². The lowest BCUT2D eigenvalue weighted by Gasteiger charge is -2.15. The molecule has 0 fully saturated rings. The Morgan fingerprint density at radius 3 is 2.55 bits per heavy atom. The van der Waals surface area contributed by atoms with Gasteiger partial charge >= 0.3 is 0 Å². The molecule has 0 atom stereocenters. The highest BCUT2D eigenvalue weighted by Crippen LogP contribution is 2.21. The minimum atomic E-state index is -0.443. The van der Waals surface area contributed by atoms with E-state index in [0.29, 0.717) is 33.6 Å². The van der Waals surface area contributed by atoms with Gasteiger partial charge in [0.1, 0.15) is 5.75 Å². The molecular formula is C22H16BrN3O3. The number of nitrogens with one attached hydrogen (secondary N) is 1. The van der Waals surface area contributed by atoms with Gasteiger partial charge in [0.15, 0.2) is 5.82 Å². The number of nitrogens with zero attached hydrogens (tertiary/aromatic N) is 2. The van der Waals surface area contributed by atoms with Gasteiger partial charge in [-0.1, -0.05) is 46.3 Å². The smallest absolute Gasteiger partial charge is 0.280 e. The lowest BCUT2D eigenvalue weighted by molar-refractivity contribution is 0.101. The first-order chi connectivity index (χ1) is 14.1. The van der Waals surface area contributed by atoms with Gasteiger partial charge in [-0.2, -0.15) is 4.68 Å². The molecule has 0 saturated heterocycles. The summed E-state index contributed by atoms with van der Waals surface area (Å²) in [4.78, 5) is 30.6. The topological polar surface area (TPSA) is 73.2 Å². The van der Waals surface area contributed by atoms with Crippen LogP contribution in [-0.4, -0.2) is 22.7 Å². The van der Waals surface area contributed by atoms with Crippen LogP contribution in [0, 0.1) is 0 Å². The van der Waals surface area contributed by atoms with Crippen LogP contribution in [0.1, 0.15) is 10.4 Å². The first-order valence-corrected chi connectivity index (χ1v) is 9.59. The minimum absolute atomic E-state index is 0.345. The van der Waals surface area contributed by atoms with Crippen molar-refractivity contribution in [3.63, 3.8) is 0 Å². The predicted octanol–water partition coefficient (Wildman–Crippen LogP) is 4.22. The molecule has 6 nitrogen and oxygen atoms in total. The number of carbonyl (C=O) groups is 1. The molecule has 0 spiro atoms. The molecule has 0 aliphatic carbocycles. The van der Waals surface area contributed by atoms with E-state index in [9.17, 15) is 9.59 Å². The first-order valence-electron chi connectivity index (χ1n) is 8.80. The summed E-state index contributed by atoms with van der Waals surface area (Å²) >= 11 is 3.40. The molecule has 0 aliphatic heterocycles. The van der Waals surface area contributed by atoms with E-state index in [4.69, 9.17) is 4.74 Å². The highest BCUT2D eigenvalue weighted by molar-refractivity contribution is 9.10. The molecule has 1 amide bonds. The van der Waals surface area contributed by atoms with Gasteiger partial charge in [0.25, 0.3) is 11.5 Å². The van der Waals surface area contributed by atoms with Crippen LogP contribution in [0.4, 0.5) is 0 Å². The van der Waals surface area contributed by atoms with E-state index in [1.54, 1.807) is 42.5 Å². The second-order valence-corrected chi connectivity index (χ2v) is 7.19. The van der Waals surface area contributed by atoms with Gasteiger partial charge in [0.2, 0.25) is 0 Å². The molecule has 0 bridgehead atoms. The van der Waals surface area contributed by atoms with Gasteiger partial charge in [0, 0.05) is 15.6 Å². The lowest BCUT2D eigenvalue weighted by atomic mass is 10.2. The lowest BCUT2D eigenvalue weighted by Crippen LogP contribution is -2.35. The Balaban J connectivity index is 1.86. The van der Waals surface area contributed by atoms with E-state index in [2.05, 4.69) is 26.3 Å². The van der Waals surface area contributed by atoms with Gasteiger partial charge in [-0.05, 0) is 42.5 Å². The minimum Gasteiger partial charge on any atom is -0.497 e. The first kappa shape index (κ1) is 18.9. The van der Waals surface area contributed by atoms with Gasteiger partial charge in [-0.25, -0.2) is 4.98 Å². The van der Waals surface area contributed by atoms with Crippen molar-refractivity contribution in [3.8, 4) is 17.1 Å². The van der Waals surface area contributed by atoms with E-state index >= 15 is 0 Å². The standard InChI is InChI=1S/C22H16BrN3O3/c1-29-17-6-4-5-15(13-17)21(27)25-26-20(14-9-11-16(23)12-10-14)24-19-8-3-2-7-18(19)22(26)28/h2-13H,1H3,(H,25,27). The van der Waals surface area contributed by atoms with E-state index in [0.717, 1.165) is 4.47 Å². The molecule has 0 saturated carbocycles. The molecule has 4 rings (SSSR count). The number of aromatic nitrogens is 2. The van der Waals surface area contributed by atoms with Crippen molar-refractivity contribution < 1.29 is 9.53 Å². The van der Waals surface area contributed by atoms with E-state index < -0.39 is 5.91 Å². The number of methoxy groups -OCH3 is 1. The normalized spacial score (nSPS) is 10.7. The Morgan fingerprint density at radius 1 is 1.03 bits per heavy atom. The summed E-state index contributed by atoms with van der Waals surface area (Å²) in [5.74, 6) is 0.452. The maximum Gasteiger partial charge on any atom is 0.280 e. The SMILES string of the molecule is COc1cccc(C(=O)Nn2c(-c3ccc(Br)cc3)nc3ccccc3c2=O)c1. The maximum atomic E-state index is 13.2. The average Bonchev–Trinajstić information content (AvgIpc) is 2.76. The highest BCUT2D eigenvalue weighted by atomic mass is 79.9. The van der Waals surface area contributed by atoms with Crippen molar-refractivity contribution in [2.24, 2.45) is 0 Å². The van der Waals surface area contributed by atoms with Crippen molar-refractivity contribution in [1.29, 1.82) is 0 Å². The van der Waals surface area contributed by atoms with Gasteiger partial charge in [-0.15, -0.1) is 0 Å². The number of amides is 1. The molecule has 144 valence electrons. The molecule has 3 aromatic carbocycles. The zero-order valence-corrected chi connectivity index (χ0v) is 17.0. The third kappa shape index (κ3) is 3.77. The number of halogens is 1. The van der Waals surface area contributed by atoms with Gasteiger partial charge in [-0.3, -0.25) is 15.0 Å². The fraction of sp³-hybridized carbons (Fsp3) is 0.0455. The van der Waals surface area contributed by atoms with Crippen LogP contribution in [0.2, 0.25) is 0 Å². The summed E-state index contributed by atoms with van der Waals surface area (Å²) in [5, 5.41) is 0.416. The summed E-state index contributed by atoms with van der Waals surface area (Å²) < 4.78 is 7.26. The van der Waals surface area contributed by atoms with Crippen molar-refractivity contribution in [1.82, 2.24) is 9.66 Å². The Bertz CT molecular complexity index is 1270. The Morgan fingerprint density at radius 2 is 1.79 bits per heavy atom. The maximum absolute atomic E-state index is 13.2. The van der Waals surface area contributed by atoms with E-state index in [1.165, 1.54) is 11.8 Å². The molecule has 1 aromatic heterocycles. The molecular weight excluding hydrogens is 434 g/mol. The monoisotopic (exact) mass is 449 g/mol. The molecule has 1 heterocycles. The number of benzene rings is 3. The van der Waals surface area contributed by atoms with E-state index in [1.807, 2.05) is 30.3 Å². The molecule has 0 unspecified atom stereocenters. The molecule has 1 N–H and O–H groups in total. The molecule has 7 heteroatoms. The van der Waals surface area contributed by atoms with Crippen LogP contribution in [-0.2, 0) is 0 Å². The fourth-order valence-electron chi connectivity index (χ4n) is 2.96. The summed E-state index contributed by atoms with van der Waals surface area (Å²) in [6.07, 6.45) is 0. The second-order valence-electron chi connectivity index (χ2n) is 6.27. The van der Waals surface area contributed by atoms with Gasteiger partial charge < -0.3 is 4.74 Å². The van der Waals surface area contributed by atoms with Crippen LogP contribution in [0.3, 0.4) is 0 Å². The molecule has 0 radical (unpaired) electrons. The molecule has 0 aliphatic rings. The third-order valence-corrected chi connectivity index (χ3v) is 4.95. The largest absolute Gasteiger partial charge is 0.497 e. The fourth-order valence-corrected chi connectivity index (χ4v) is 3.22. The van der Waals surface area contributed by atoms with Crippen molar-refractivity contribution in [3.05, 3.63) is 93.2 Å². The highest BCUT2D eigenvalue weighted by Gasteiger charge is 2.16. The zero-order valence-electron chi connectivity index (χ0n) is 15.4. The quantitative estimate of drug-likeness (QED) is 0.506. The molecule has 29 heavy (non-hydrogen) atoms. The van der Waals surface area contributed by atoms with Crippen molar-refractivity contribution >= 4 is 32.7 Å². The number of fused-ring (bicyclic) bond motifs is 1. The zero-order chi connectivity index (χ0) is 20.4. The summed E-state index contributed by atoms with van der Waals surface area (Å²) in [7, 11) is 1.53. The van der Waals surface area contributed by atoms with Crippen LogP contribution in [0.15, 0.2) is 82.1 Å².